The summed E-state index contributed by atoms with van der Waals surface area (Å²) in [6.07, 6.45) is -3.32. The zero-order valence-corrected chi connectivity index (χ0v) is 11.4. The highest BCUT2D eigenvalue weighted by molar-refractivity contribution is 5.73. The standard InChI is InChI=1S/C12H11FN2.C2HF3O2/c1-9-5-6-12(14-8-9)15-11-4-2-3-10(13)7-11;3-2(4,5)1(6)7/h2-8H,1H3,(H,14,15);(H,6,7). The third-order valence-electron chi connectivity index (χ3n) is 2.25. The van der Waals surface area contributed by atoms with Crippen molar-refractivity contribution in [2.24, 2.45) is 0 Å². The molecule has 0 unspecified atom stereocenters. The second-order valence-corrected chi connectivity index (χ2v) is 4.16. The number of pyridine rings is 1. The van der Waals surface area contributed by atoms with Crippen LogP contribution in [0.15, 0.2) is 42.6 Å². The molecule has 0 aliphatic heterocycles. The summed E-state index contributed by atoms with van der Waals surface area (Å²) in [5.74, 6) is -2.30. The lowest BCUT2D eigenvalue weighted by Crippen LogP contribution is -2.21. The highest BCUT2D eigenvalue weighted by atomic mass is 19.4. The number of carboxylic acid groups (broad SMARTS) is 1. The number of nitrogens with zero attached hydrogens (tertiary/aromatic N) is 1. The normalized spacial score (nSPS) is 10.4. The minimum Gasteiger partial charge on any atom is -0.475 e. The fraction of sp³-hybridized carbons (Fsp3) is 0.143. The number of hydrogen-bond donors (Lipinski definition) is 2. The van der Waals surface area contributed by atoms with E-state index in [1.54, 1.807) is 18.3 Å². The monoisotopic (exact) mass is 316 g/mol. The van der Waals surface area contributed by atoms with Gasteiger partial charge in [0.2, 0.25) is 0 Å². The van der Waals surface area contributed by atoms with Crippen LogP contribution >= 0.6 is 0 Å². The number of aliphatic carboxylic acids is 1. The third kappa shape index (κ3) is 6.21. The molecule has 0 amide bonds. The number of anilines is 2. The van der Waals surface area contributed by atoms with Crippen LogP contribution in [-0.2, 0) is 4.79 Å². The summed E-state index contributed by atoms with van der Waals surface area (Å²) in [5.41, 5.74) is 1.80. The Hall–Kier alpha value is -2.64. The van der Waals surface area contributed by atoms with E-state index < -0.39 is 12.1 Å². The fourth-order valence-corrected chi connectivity index (χ4v) is 1.26. The zero-order chi connectivity index (χ0) is 16.8. The van der Waals surface area contributed by atoms with Crippen molar-refractivity contribution in [1.29, 1.82) is 0 Å². The first-order chi connectivity index (χ1) is 10.2. The predicted octanol–water partition coefficient (Wildman–Crippen LogP) is 3.91. The van der Waals surface area contributed by atoms with Gasteiger partial charge in [0, 0.05) is 11.9 Å². The summed E-state index contributed by atoms with van der Waals surface area (Å²) < 4.78 is 44.6. The van der Waals surface area contributed by atoms with E-state index in [1.807, 2.05) is 19.1 Å². The van der Waals surface area contributed by atoms with Gasteiger partial charge in [-0.05, 0) is 36.8 Å². The van der Waals surface area contributed by atoms with Gasteiger partial charge in [0.05, 0.1) is 0 Å². The molecule has 1 heterocycles. The van der Waals surface area contributed by atoms with E-state index >= 15 is 0 Å². The molecule has 0 atom stereocenters. The van der Waals surface area contributed by atoms with Crippen LogP contribution < -0.4 is 5.32 Å². The lowest BCUT2D eigenvalue weighted by Gasteiger charge is -2.05. The maximum absolute atomic E-state index is 12.9. The molecule has 0 aliphatic carbocycles. The molecule has 0 saturated heterocycles. The molecule has 22 heavy (non-hydrogen) atoms. The van der Waals surface area contributed by atoms with Crippen molar-refractivity contribution in [2.75, 3.05) is 5.32 Å². The number of carbonyl (C=O) groups is 1. The minimum absolute atomic E-state index is 0.257. The molecule has 1 aromatic heterocycles. The first-order valence-electron chi connectivity index (χ1n) is 5.94. The third-order valence-corrected chi connectivity index (χ3v) is 2.25. The molecular weight excluding hydrogens is 304 g/mol. The van der Waals surface area contributed by atoms with Crippen LogP contribution in [0.5, 0.6) is 0 Å². The van der Waals surface area contributed by atoms with Crippen molar-refractivity contribution >= 4 is 17.5 Å². The highest BCUT2D eigenvalue weighted by Crippen LogP contribution is 2.15. The van der Waals surface area contributed by atoms with Gasteiger partial charge in [0.15, 0.2) is 0 Å². The quantitative estimate of drug-likeness (QED) is 0.825. The van der Waals surface area contributed by atoms with Crippen LogP contribution in [0.25, 0.3) is 0 Å². The summed E-state index contributed by atoms with van der Waals surface area (Å²) in [5, 5.41) is 10.1. The molecule has 8 heteroatoms. The fourth-order valence-electron chi connectivity index (χ4n) is 1.26. The molecule has 0 bridgehead atoms. The van der Waals surface area contributed by atoms with Crippen LogP contribution in [0.1, 0.15) is 5.56 Å². The van der Waals surface area contributed by atoms with Crippen molar-refractivity contribution < 1.29 is 27.5 Å². The Morgan fingerprint density at radius 1 is 1.23 bits per heavy atom. The van der Waals surface area contributed by atoms with E-state index in [2.05, 4.69) is 10.3 Å². The topological polar surface area (TPSA) is 62.2 Å². The number of nitrogens with one attached hydrogen (secondary N) is 1. The van der Waals surface area contributed by atoms with Gasteiger partial charge in [0.1, 0.15) is 11.6 Å². The molecule has 118 valence electrons. The molecule has 4 nitrogen and oxygen atoms in total. The number of aryl methyl sites for hydroxylation is 1. The molecule has 2 rings (SSSR count). The smallest absolute Gasteiger partial charge is 0.475 e. The first kappa shape index (κ1) is 17.4. The Labute approximate surface area is 123 Å². The van der Waals surface area contributed by atoms with Crippen LogP contribution in [0.3, 0.4) is 0 Å². The van der Waals surface area contributed by atoms with E-state index in [-0.39, 0.29) is 5.82 Å². The molecule has 0 radical (unpaired) electrons. The minimum atomic E-state index is -5.08. The average molecular weight is 316 g/mol. The summed E-state index contributed by atoms with van der Waals surface area (Å²) in [6, 6.07) is 10.1. The van der Waals surface area contributed by atoms with Gasteiger partial charge in [-0.1, -0.05) is 12.1 Å². The Kier molecular flexibility index (Phi) is 5.85. The average Bonchev–Trinajstić information content (AvgIpc) is 2.41. The molecule has 0 spiro atoms. The van der Waals surface area contributed by atoms with Crippen LogP contribution in [0, 0.1) is 12.7 Å². The van der Waals surface area contributed by atoms with E-state index in [0.717, 1.165) is 5.56 Å². The van der Waals surface area contributed by atoms with Gasteiger partial charge in [-0.25, -0.2) is 14.2 Å². The molecule has 1 aromatic carbocycles. The second-order valence-electron chi connectivity index (χ2n) is 4.16. The Balaban J connectivity index is 0.000000295. The van der Waals surface area contributed by atoms with Crippen LogP contribution in [0.2, 0.25) is 0 Å². The van der Waals surface area contributed by atoms with Crippen molar-refractivity contribution in [3.8, 4) is 0 Å². The Morgan fingerprint density at radius 3 is 2.32 bits per heavy atom. The Bertz CT molecular complexity index is 627. The maximum atomic E-state index is 12.9. The van der Waals surface area contributed by atoms with E-state index in [4.69, 9.17) is 9.90 Å². The van der Waals surface area contributed by atoms with Gasteiger partial charge in [-0.15, -0.1) is 0 Å². The maximum Gasteiger partial charge on any atom is 0.490 e. The molecule has 0 aliphatic rings. The number of alkyl halides is 3. The largest absolute Gasteiger partial charge is 0.490 e. The van der Waals surface area contributed by atoms with Crippen molar-refractivity contribution in [3.05, 3.63) is 54.0 Å². The van der Waals surface area contributed by atoms with Crippen LogP contribution in [0.4, 0.5) is 29.1 Å². The van der Waals surface area contributed by atoms with Crippen molar-refractivity contribution in [2.45, 2.75) is 13.1 Å². The summed E-state index contributed by atoms with van der Waals surface area (Å²) >= 11 is 0. The number of benzene rings is 1. The van der Waals surface area contributed by atoms with Gasteiger partial charge in [-0.3, -0.25) is 0 Å². The van der Waals surface area contributed by atoms with Gasteiger partial charge in [-0.2, -0.15) is 13.2 Å². The second kappa shape index (κ2) is 7.39. The molecule has 2 N–H and O–H groups in total. The lowest BCUT2D eigenvalue weighted by atomic mass is 10.3. The van der Waals surface area contributed by atoms with Gasteiger partial charge >= 0.3 is 12.1 Å². The van der Waals surface area contributed by atoms with Crippen LogP contribution in [-0.4, -0.2) is 22.2 Å². The van der Waals surface area contributed by atoms with Gasteiger partial charge < -0.3 is 10.4 Å². The number of aromatic nitrogens is 1. The van der Waals surface area contributed by atoms with Crippen molar-refractivity contribution in [1.82, 2.24) is 4.98 Å². The number of halogens is 4. The van der Waals surface area contributed by atoms with Crippen molar-refractivity contribution in [3.63, 3.8) is 0 Å². The van der Waals surface area contributed by atoms with E-state index in [1.165, 1.54) is 12.1 Å². The SMILES string of the molecule is Cc1ccc(Nc2cccc(F)c2)nc1.O=C(O)C(F)(F)F. The Morgan fingerprint density at radius 2 is 1.86 bits per heavy atom. The summed E-state index contributed by atoms with van der Waals surface area (Å²) in [6.45, 7) is 1.97. The number of rotatable bonds is 2. The zero-order valence-electron chi connectivity index (χ0n) is 11.4. The van der Waals surface area contributed by atoms with Gasteiger partial charge in [0.25, 0.3) is 0 Å². The summed E-state index contributed by atoms with van der Waals surface area (Å²) in [4.78, 5) is 13.1. The first-order valence-corrected chi connectivity index (χ1v) is 5.94. The molecule has 2 aromatic rings. The highest BCUT2D eigenvalue weighted by Gasteiger charge is 2.38. The molecule has 0 saturated carbocycles. The molecule has 0 fully saturated rings. The lowest BCUT2D eigenvalue weighted by molar-refractivity contribution is -0.192. The molecular formula is C14H12F4N2O2. The number of hydrogen-bond acceptors (Lipinski definition) is 3. The van der Waals surface area contributed by atoms with E-state index in [9.17, 15) is 17.6 Å². The predicted molar refractivity (Wildman–Crippen MR) is 72.3 cm³/mol. The number of carboxylic acids is 1. The summed E-state index contributed by atoms with van der Waals surface area (Å²) in [7, 11) is 0. The van der Waals surface area contributed by atoms with E-state index in [0.29, 0.717) is 11.5 Å².